The van der Waals surface area contributed by atoms with Gasteiger partial charge in [-0.3, -0.25) is 4.79 Å². The Morgan fingerprint density at radius 2 is 2.05 bits per heavy atom. The SMILES string of the molecule is CC1(O)CCCN(C(=O)c2cc(F)c(F)cc2N)C1. The largest absolute Gasteiger partial charge is 0.398 e. The van der Waals surface area contributed by atoms with Crippen LogP contribution in [0.2, 0.25) is 0 Å². The summed E-state index contributed by atoms with van der Waals surface area (Å²) in [6.07, 6.45) is 1.26. The molecule has 1 aromatic carbocycles. The average Bonchev–Trinajstić information content (AvgIpc) is 2.31. The van der Waals surface area contributed by atoms with Crippen LogP contribution in [0, 0.1) is 11.6 Å². The molecule has 1 aliphatic heterocycles. The molecule has 1 atom stereocenters. The van der Waals surface area contributed by atoms with Gasteiger partial charge in [0.1, 0.15) is 0 Å². The van der Waals surface area contributed by atoms with Gasteiger partial charge in [-0.05, 0) is 25.8 Å². The Labute approximate surface area is 109 Å². The summed E-state index contributed by atoms with van der Waals surface area (Å²) < 4.78 is 26.2. The number of β-amino-alcohol motifs (C(OH)–C–C–N with tert-alkyl or cyclic N) is 1. The predicted molar refractivity (Wildman–Crippen MR) is 66.5 cm³/mol. The molecule has 4 nitrogen and oxygen atoms in total. The zero-order chi connectivity index (χ0) is 14.2. The van der Waals surface area contributed by atoms with Gasteiger partial charge in [-0.1, -0.05) is 0 Å². The number of nitrogens with two attached hydrogens (primary N) is 1. The number of aliphatic hydroxyl groups is 1. The molecule has 1 fully saturated rings. The summed E-state index contributed by atoms with van der Waals surface area (Å²) in [5.74, 6) is -2.68. The Hall–Kier alpha value is -1.69. The first kappa shape index (κ1) is 13.7. The van der Waals surface area contributed by atoms with E-state index in [2.05, 4.69) is 0 Å². The first-order valence-electron chi connectivity index (χ1n) is 6.06. The maximum atomic E-state index is 13.2. The number of hydrogen-bond acceptors (Lipinski definition) is 3. The van der Waals surface area contributed by atoms with E-state index in [-0.39, 0.29) is 17.8 Å². The van der Waals surface area contributed by atoms with Crippen molar-refractivity contribution < 1.29 is 18.7 Å². The third kappa shape index (κ3) is 2.84. The number of halogens is 2. The van der Waals surface area contributed by atoms with Gasteiger partial charge < -0.3 is 15.7 Å². The first-order chi connectivity index (χ1) is 8.80. The number of anilines is 1. The summed E-state index contributed by atoms with van der Waals surface area (Å²) in [7, 11) is 0. The minimum absolute atomic E-state index is 0.0726. The highest BCUT2D eigenvalue weighted by Gasteiger charge is 2.32. The molecule has 1 saturated heterocycles. The Morgan fingerprint density at radius 1 is 1.42 bits per heavy atom. The van der Waals surface area contributed by atoms with Crippen molar-refractivity contribution in [1.29, 1.82) is 0 Å². The summed E-state index contributed by atoms with van der Waals surface area (Å²) >= 11 is 0. The van der Waals surface area contributed by atoms with Gasteiger partial charge in [-0.25, -0.2) is 8.78 Å². The molecule has 2 rings (SSSR count). The number of benzene rings is 1. The van der Waals surface area contributed by atoms with Crippen molar-refractivity contribution in [2.75, 3.05) is 18.8 Å². The van der Waals surface area contributed by atoms with E-state index in [1.165, 1.54) is 4.90 Å². The van der Waals surface area contributed by atoms with Crippen LogP contribution in [0.1, 0.15) is 30.1 Å². The minimum Gasteiger partial charge on any atom is -0.398 e. The molecule has 6 heteroatoms. The molecule has 1 aliphatic rings. The van der Waals surface area contributed by atoms with E-state index in [9.17, 15) is 18.7 Å². The van der Waals surface area contributed by atoms with Gasteiger partial charge >= 0.3 is 0 Å². The van der Waals surface area contributed by atoms with Crippen molar-refractivity contribution in [2.45, 2.75) is 25.4 Å². The Morgan fingerprint density at radius 3 is 2.68 bits per heavy atom. The van der Waals surface area contributed by atoms with Crippen LogP contribution in [0.15, 0.2) is 12.1 Å². The third-order valence-electron chi connectivity index (χ3n) is 3.28. The van der Waals surface area contributed by atoms with E-state index < -0.39 is 23.1 Å². The van der Waals surface area contributed by atoms with Crippen LogP contribution in [0.25, 0.3) is 0 Å². The van der Waals surface area contributed by atoms with Gasteiger partial charge in [0.25, 0.3) is 5.91 Å². The van der Waals surface area contributed by atoms with Gasteiger partial charge in [-0.15, -0.1) is 0 Å². The molecule has 3 N–H and O–H groups in total. The second kappa shape index (κ2) is 4.77. The molecule has 0 radical (unpaired) electrons. The second-order valence-corrected chi connectivity index (χ2v) is 5.18. The Bertz CT molecular complexity index is 518. The number of piperidine rings is 1. The summed E-state index contributed by atoms with van der Waals surface area (Å²) in [6, 6.07) is 1.60. The molecule has 0 aliphatic carbocycles. The molecule has 1 unspecified atom stereocenters. The maximum Gasteiger partial charge on any atom is 0.256 e. The van der Waals surface area contributed by atoms with Crippen molar-refractivity contribution in [3.8, 4) is 0 Å². The van der Waals surface area contributed by atoms with Gasteiger partial charge in [0.05, 0.1) is 11.2 Å². The normalized spacial score (nSPS) is 23.5. The van der Waals surface area contributed by atoms with Crippen LogP contribution in [0.4, 0.5) is 14.5 Å². The number of hydrogen-bond donors (Lipinski definition) is 2. The lowest BCUT2D eigenvalue weighted by molar-refractivity contribution is -0.0107. The molecule has 104 valence electrons. The molecular formula is C13H16F2N2O2. The number of carbonyl (C=O) groups excluding carboxylic acids is 1. The number of amides is 1. The molecular weight excluding hydrogens is 254 g/mol. The molecule has 1 heterocycles. The number of carbonyl (C=O) groups is 1. The number of nitrogen functional groups attached to an aromatic ring is 1. The smallest absolute Gasteiger partial charge is 0.256 e. The minimum atomic E-state index is -1.11. The monoisotopic (exact) mass is 270 g/mol. The molecule has 1 amide bonds. The number of nitrogens with zero attached hydrogens (tertiary/aromatic N) is 1. The van der Waals surface area contributed by atoms with Gasteiger partial charge in [0, 0.05) is 24.8 Å². The van der Waals surface area contributed by atoms with Crippen molar-refractivity contribution >= 4 is 11.6 Å². The quantitative estimate of drug-likeness (QED) is 0.761. The highest BCUT2D eigenvalue weighted by Crippen LogP contribution is 2.24. The molecule has 0 aromatic heterocycles. The molecule has 0 spiro atoms. The van der Waals surface area contributed by atoms with Crippen LogP contribution in [-0.4, -0.2) is 34.6 Å². The van der Waals surface area contributed by atoms with E-state index in [0.29, 0.717) is 19.4 Å². The van der Waals surface area contributed by atoms with Crippen molar-refractivity contribution in [3.63, 3.8) is 0 Å². The molecule has 19 heavy (non-hydrogen) atoms. The Balaban J connectivity index is 2.27. The summed E-state index contributed by atoms with van der Waals surface area (Å²) in [6.45, 7) is 2.26. The van der Waals surface area contributed by atoms with E-state index >= 15 is 0 Å². The zero-order valence-corrected chi connectivity index (χ0v) is 10.6. The highest BCUT2D eigenvalue weighted by molar-refractivity contribution is 5.99. The van der Waals surface area contributed by atoms with Crippen LogP contribution >= 0.6 is 0 Å². The van der Waals surface area contributed by atoms with Gasteiger partial charge in [-0.2, -0.15) is 0 Å². The average molecular weight is 270 g/mol. The fraction of sp³-hybridized carbons (Fsp3) is 0.462. The van der Waals surface area contributed by atoms with E-state index in [1.807, 2.05) is 0 Å². The first-order valence-corrected chi connectivity index (χ1v) is 6.06. The van der Waals surface area contributed by atoms with E-state index in [4.69, 9.17) is 5.73 Å². The van der Waals surface area contributed by atoms with Crippen molar-refractivity contribution in [3.05, 3.63) is 29.3 Å². The lowest BCUT2D eigenvalue weighted by Crippen LogP contribution is -2.48. The molecule has 1 aromatic rings. The van der Waals surface area contributed by atoms with Gasteiger partial charge in [0.15, 0.2) is 11.6 Å². The van der Waals surface area contributed by atoms with Crippen molar-refractivity contribution in [1.82, 2.24) is 4.90 Å². The van der Waals surface area contributed by atoms with Crippen LogP contribution < -0.4 is 5.73 Å². The number of rotatable bonds is 1. The van der Waals surface area contributed by atoms with Crippen LogP contribution in [-0.2, 0) is 0 Å². The molecule has 0 saturated carbocycles. The summed E-state index contributed by atoms with van der Waals surface area (Å²) in [5.41, 5.74) is 4.42. The van der Waals surface area contributed by atoms with E-state index in [0.717, 1.165) is 12.1 Å². The topological polar surface area (TPSA) is 66.6 Å². The van der Waals surface area contributed by atoms with Crippen molar-refractivity contribution in [2.24, 2.45) is 0 Å². The lowest BCUT2D eigenvalue weighted by atomic mass is 9.94. The summed E-state index contributed by atoms with van der Waals surface area (Å²) in [4.78, 5) is 13.6. The fourth-order valence-electron chi connectivity index (χ4n) is 2.31. The van der Waals surface area contributed by atoms with E-state index in [1.54, 1.807) is 6.92 Å². The lowest BCUT2D eigenvalue weighted by Gasteiger charge is -2.37. The number of likely N-dealkylation sites (tertiary alicyclic amines) is 1. The summed E-state index contributed by atoms with van der Waals surface area (Å²) in [5, 5.41) is 9.95. The maximum absolute atomic E-state index is 13.2. The van der Waals surface area contributed by atoms with Crippen LogP contribution in [0.5, 0.6) is 0 Å². The highest BCUT2D eigenvalue weighted by atomic mass is 19.2. The van der Waals surface area contributed by atoms with Crippen LogP contribution in [0.3, 0.4) is 0 Å². The third-order valence-corrected chi connectivity index (χ3v) is 3.28. The van der Waals surface area contributed by atoms with Gasteiger partial charge in [0.2, 0.25) is 0 Å². The molecule has 0 bridgehead atoms. The standard InChI is InChI=1S/C13H16F2N2O2/c1-13(19)3-2-4-17(7-13)12(18)8-5-9(14)10(15)6-11(8)16/h5-6,19H,2-4,7,16H2,1H3. The zero-order valence-electron chi connectivity index (χ0n) is 10.6. The second-order valence-electron chi connectivity index (χ2n) is 5.18. The Kier molecular flexibility index (Phi) is 3.45. The predicted octanol–water partition coefficient (Wildman–Crippen LogP) is 1.53. The fourth-order valence-corrected chi connectivity index (χ4v) is 2.31.